The van der Waals surface area contributed by atoms with Crippen LogP contribution in [0.15, 0.2) is 24.3 Å². The maximum Gasteiger partial charge on any atom is 0.387 e. The molecule has 9 heteroatoms. The van der Waals surface area contributed by atoms with Gasteiger partial charge in [-0.1, -0.05) is 6.07 Å². The molecule has 2 rings (SSSR count). The van der Waals surface area contributed by atoms with Crippen molar-refractivity contribution in [1.29, 1.82) is 0 Å². The van der Waals surface area contributed by atoms with E-state index >= 15 is 0 Å². The normalized spacial score (nSPS) is 14.8. The Morgan fingerprint density at radius 1 is 1.23 bits per heavy atom. The third-order valence-electron chi connectivity index (χ3n) is 4.00. The first-order chi connectivity index (χ1) is 12.4. The van der Waals surface area contributed by atoms with E-state index in [1.54, 1.807) is 0 Å². The number of hydrogen-bond donors (Lipinski definition) is 0. The molecule has 1 aromatic carbocycles. The summed E-state index contributed by atoms with van der Waals surface area (Å²) in [5.74, 6) is -1.91. The van der Waals surface area contributed by atoms with Crippen LogP contribution >= 0.6 is 0 Å². The minimum Gasteiger partial charge on any atom is -0.469 e. The van der Waals surface area contributed by atoms with Gasteiger partial charge in [-0.3, -0.25) is 9.59 Å². The lowest BCUT2D eigenvalue weighted by Crippen LogP contribution is -2.42. The van der Waals surface area contributed by atoms with E-state index in [0.717, 1.165) is 6.07 Å². The van der Waals surface area contributed by atoms with E-state index in [-0.39, 0.29) is 29.1 Å². The summed E-state index contributed by atoms with van der Waals surface area (Å²) in [6, 6.07) is 5.13. The number of nitrogens with zero attached hydrogens (tertiary/aromatic N) is 1. The zero-order valence-electron chi connectivity index (χ0n) is 14.2. The highest BCUT2D eigenvalue weighted by molar-refractivity contribution is 5.91. The summed E-state index contributed by atoms with van der Waals surface area (Å²) in [5.41, 5.74) is 0.000324. The monoisotopic (exact) mass is 371 g/mol. The molecule has 1 saturated heterocycles. The first kappa shape index (κ1) is 19.6. The summed E-state index contributed by atoms with van der Waals surface area (Å²) in [7, 11) is 1.32. The lowest BCUT2D eigenvalue weighted by atomic mass is 9.97. The van der Waals surface area contributed by atoms with Crippen molar-refractivity contribution in [3.63, 3.8) is 0 Å². The van der Waals surface area contributed by atoms with Gasteiger partial charge in [0.1, 0.15) is 5.75 Å². The highest BCUT2D eigenvalue weighted by atomic mass is 19.3. The predicted octanol–water partition coefficient (Wildman–Crippen LogP) is 1.86. The van der Waals surface area contributed by atoms with E-state index in [9.17, 15) is 23.2 Å². The molecule has 1 fully saturated rings. The van der Waals surface area contributed by atoms with E-state index in [1.165, 1.54) is 30.2 Å². The van der Waals surface area contributed by atoms with Crippen molar-refractivity contribution in [3.05, 3.63) is 29.8 Å². The number of esters is 2. The number of piperidine rings is 1. The van der Waals surface area contributed by atoms with Gasteiger partial charge in [0.25, 0.3) is 5.91 Å². The Bertz CT molecular complexity index is 658. The first-order valence-corrected chi connectivity index (χ1v) is 7.98. The average Bonchev–Trinajstić information content (AvgIpc) is 2.65. The average molecular weight is 371 g/mol. The van der Waals surface area contributed by atoms with Gasteiger partial charge >= 0.3 is 18.6 Å². The second kappa shape index (κ2) is 9.12. The molecule has 1 aromatic rings. The van der Waals surface area contributed by atoms with Crippen LogP contribution in [0.4, 0.5) is 8.78 Å². The molecule has 0 radical (unpaired) electrons. The van der Waals surface area contributed by atoms with Gasteiger partial charge in [-0.25, -0.2) is 4.79 Å². The molecule has 0 unspecified atom stereocenters. The van der Waals surface area contributed by atoms with Gasteiger partial charge in [0.05, 0.1) is 18.6 Å². The number of alkyl halides is 2. The van der Waals surface area contributed by atoms with E-state index in [0.29, 0.717) is 25.9 Å². The molecule has 26 heavy (non-hydrogen) atoms. The van der Waals surface area contributed by atoms with Crippen molar-refractivity contribution in [1.82, 2.24) is 4.90 Å². The highest BCUT2D eigenvalue weighted by Gasteiger charge is 2.28. The number of halogens is 2. The lowest BCUT2D eigenvalue weighted by Gasteiger charge is -2.30. The fraction of sp³-hybridized carbons (Fsp3) is 0.471. The molecule has 0 aromatic heterocycles. The second-order valence-corrected chi connectivity index (χ2v) is 5.66. The van der Waals surface area contributed by atoms with E-state index < -0.39 is 19.2 Å². The van der Waals surface area contributed by atoms with Gasteiger partial charge in [-0.05, 0) is 31.0 Å². The number of benzene rings is 1. The van der Waals surface area contributed by atoms with Crippen molar-refractivity contribution in [2.75, 3.05) is 26.8 Å². The van der Waals surface area contributed by atoms with Crippen LogP contribution in [0, 0.1) is 5.92 Å². The van der Waals surface area contributed by atoms with Crippen LogP contribution in [0.5, 0.6) is 5.75 Å². The SMILES string of the molecule is COC(=O)C1CCN(C(=O)COC(=O)c2cccc(OC(F)F)c2)CC1. The molecule has 0 spiro atoms. The summed E-state index contributed by atoms with van der Waals surface area (Å²) >= 11 is 0. The topological polar surface area (TPSA) is 82.1 Å². The van der Waals surface area contributed by atoms with Crippen molar-refractivity contribution in [3.8, 4) is 5.75 Å². The molecule has 0 bridgehead atoms. The Labute approximate surface area is 148 Å². The molecule has 1 heterocycles. The van der Waals surface area contributed by atoms with Crippen molar-refractivity contribution < 1.29 is 37.4 Å². The van der Waals surface area contributed by atoms with Gasteiger partial charge in [0.2, 0.25) is 0 Å². The van der Waals surface area contributed by atoms with Crippen molar-refractivity contribution in [2.45, 2.75) is 19.5 Å². The third-order valence-corrected chi connectivity index (χ3v) is 4.00. The van der Waals surface area contributed by atoms with E-state index in [4.69, 9.17) is 4.74 Å². The van der Waals surface area contributed by atoms with Crippen LogP contribution in [-0.4, -0.2) is 56.2 Å². The van der Waals surface area contributed by atoms with Crippen LogP contribution < -0.4 is 4.74 Å². The molecule has 142 valence electrons. The highest BCUT2D eigenvalue weighted by Crippen LogP contribution is 2.19. The maximum absolute atomic E-state index is 12.2. The van der Waals surface area contributed by atoms with Gasteiger partial charge in [0, 0.05) is 13.1 Å². The molecule has 0 N–H and O–H groups in total. The maximum atomic E-state index is 12.2. The molecule has 0 saturated carbocycles. The number of rotatable bonds is 6. The van der Waals surface area contributed by atoms with Gasteiger partial charge in [-0.2, -0.15) is 8.78 Å². The van der Waals surface area contributed by atoms with Crippen LogP contribution in [0.1, 0.15) is 23.2 Å². The largest absolute Gasteiger partial charge is 0.469 e. The summed E-state index contributed by atoms with van der Waals surface area (Å²) in [5, 5.41) is 0. The molecular weight excluding hydrogens is 352 g/mol. The quantitative estimate of drug-likeness (QED) is 0.710. The minimum absolute atomic E-state index is 0.000324. The Hall–Kier alpha value is -2.71. The zero-order chi connectivity index (χ0) is 19.1. The van der Waals surface area contributed by atoms with Crippen LogP contribution in [0.3, 0.4) is 0 Å². The number of carbonyl (C=O) groups excluding carboxylic acids is 3. The number of methoxy groups -OCH3 is 1. The number of likely N-dealkylation sites (tertiary alicyclic amines) is 1. The Morgan fingerprint density at radius 2 is 1.92 bits per heavy atom. The fourth-order valence-corrected chi connectivity index (χ4v) is 2.63. The van der Waals surface area contributed by atoms with Crippen LogP contribution in [0.25, 0.3) is 0 Å². The molecule has 0 aliphatic carbocycles. The summed E-state index contributed by atoms with van der Waals surface area (Å²) in [4.78, 5) is 37.0. The van der Waals surface area contributed by atoms with Crippen molar-refractivity contribution in [2.24, 2.45) is 5.92 Å². The molecule has 1 aliphatic rings. The summed E-state index contributed by atoms with van der Waals surface area (Å²) < 4.78 is 38.2. The molecule has 1 amide bonds. The fourth-order valence-electron chi connectivity index (χ4n) is 2.63. The van der Waals surface area contributed by atoms with Crippen LogP contribution in [0.2, 0.25) is 0 Å². The van der Waals surface area contributed by atoms with Gasteiger partial charge in [-0.15, -0.1) is 0 Å². The Morgan fingerprint density at radius 3 is 2.54 bits per heavy atom. The first-order valence-electron chi connectivity index (χ1n) is 7.98. The number of hydrogen-bond acceptors (Lipinski definition) is 6. The molecular formula is C17H19F2NO6. The molecule has 0 atom stereocenters. The zero-order valence-corrected chi connectivity index (χ0v) is 14.2. The Kier molecular flexibility index (Phi) is 6.88. The summed E-state index contributed by atoms with van der Waals surface area (Å²) in [6.07, 6.45) is 0.971. The number of carbonyl (C=O) groups is 3. The van der Waals surface area contributed by atoms with E-state index in [1.807, 2.05) is 0 Å². The van der Waals surface area contributed by atoms with Gasteiger partial charge in [0.15, 0.2) is 6.61 Å². The number of ether oxygens (including phenoxy) is 3. The minimum atomic E-state index is -3.00. The predicted molar refractivity (Wildman–Crippen MR) is 84.7 cm³/mol. The number of amides is 1. The Balaban J connectivity index is 1.82. The summed E-state index contributed by atoms with van der Waals surface area (Å²) in [6.45, 7) is -2.74. The van der Waals surface area contributed by atoms with E-state index in [2.05, 4.69) is 9.47 Å². The van der Waals surface area contributed by atoms with Crippen LogP contribution in [-0.2, 0) is 19.1 Å². The smallest absolute Gasteiger partial charge is 0.387 e. The van der Waals surface area contributed by atoms with Crippen molar-refractivity contribution >= 4 is 17.8 Å². The molecule has 1 aliphatic heterocycles. The second-order valence-electron chi connectivity index (χ2n) is 5.66. The van der Waals surface area contributed by atoms with Gasteiger partial charge < -0.3 is 19.1 Å². The lowest BCUT2D eigenvalue weighted by molar-refractivity contribution is -0.149. The standard InChI is InChI=1S/C17H19F2NO6/c1-24-15(22)11-5-7-20(8-6-11)14(21)10-25-16(23)12-3-2-4-13(9-12)26-17(18)19/h2-4,9,11,17H,5-8,10H2,1H3. The molecule has 7 nitrogen and oxygen atoms in total. The third kappa shape index (κ3) is 5.40.